The van der Waals surface area contributed by atoms with E-state index in [0.717, 1.165) is 0 Å². The van der Waals surface area contributed by atoms with Crippen LogP contribution in [0.1, 0.15) is 20.8 Å². The number of carbonyl (C=O) groups is 1. The van der Waals surface area contributed by atoms with Crippen molar-refractivity contribution in [3.63, 3.8) is 0 Å². The number of nitro benzene ring substituents is 1. The summed E-state index contributed by atoms with van der Waals surface area (Å²) in [7, 11) is 0. The molecule has 0 aromatic heterocycles. The minimum absolute atomic E-state index is 0.0109. The maximum Gasteiger partial charge on any atom is 0.410 e. The van der Waals surface area contributed by atoms with Crippen LogP contribution in [0, 0.1) is 10.1 Å². The Morgan fingerprint density at radius 3 is 2.40 bits per heavy atom. The first-order valence-corrected chi connectivity index (χ1v) is 10.0. The predicted molar refractivity (Wildman–Crippen MR) is 118 cm³/mol. The Balaban J connectivity index is 1.78. The molecule has 3 rings (SSSR count). The van der Waals surface area contributed by atoms with E-state index in [9.17, 15) is 14.9 Å². The summed E-state index contributed by atoms with van der Waals surface area (Å²) >= 11 is 6.02. The molecule has 1 heterocycles. The summed E-state index contributed by atoms with van der Waals surface area (Å²) in [5, 5.41) is 15.5. The molecule has 0 saturated carbocycles. The normalized spacial score (nSPS) is 14.4. The molecule has 1 N–H and O–H groups in total. The molecule has 2 aromatic rings. The number of piperazine rings is 1. The van der Waals surface area contributed by atoms with Gasteiger partial charge in [-0.3, -0.25) is 10.1 Å². The number of nitrogens with zero attached hydrogens (tertiary/aromatic N) is 3. The molecule has 1 aliphatic rings. The number of hydrogen-bond donors (Lipinski definition) is 1. The summed E-state index contributed by atoms with van der Waals surface area (Å²) in [6.45, 7) is 7.27. The Morgan fingerprint density at radius 1 is 1.13 bits per heavy atom. The van der Waals surface area contributed by atoms with Crippen molar-refractivity contribution in [1.29, 1.82) is 0 Å². The smallest absolute Gasteiger partial charge is 0.410 e. The molecule has 9 heteroatoms. The average Bonchev–Trinajstić information content (AvgIpc) is 2.66. The minimum Gasteiger partial charge on any atom is -0.444 e. The van der Waals surface area contributed by atoms with Crippen molar-refractivity contribution < 1.29 is 14.5 Å². The van der Waals surface area contributed by atoms with Crippen molar-refractivity contribution in [1.82, 2.24) is 4.90 Å². The number of anilines is 3. The Kier molecular flexibility index (Phi) is 6.36. The Bertz CT molecular complexity index is 937. The van der Waals surface area contributed by atoms with E-state index in [0.29, 0.717) is 48.3 Å². The van der Waals surface area contributed by atoms with Gasteiger partial charge in [0.25, 0.3) is 0 Å². The summed E-state index contributed by atoms with van der Waals surface area (Å²) in [6.07, 6.45) is -0.368. The van der Waals surface area contributed by atoms with Gasteiger partial charge in [-0.05, 0) is 51.1 Å². The summed E-state index contributed by atoms with van der Waals surface area (Å²) in [4.78, 5) is 27.3. The van der Waals surface area contributed by atoms with Gasteiger partial charge in [-0.25, -0.2) is 4.79 Å². The maximum absolute atomic E-state index is 12.3. The van der Waals surface area contributed by atoms with Crippen LogP contribution in [0.3, 0.4) is 0 Å². The molecule has 1 aliphatic heterocycles. The van der Waals surface area contributed by atoms with Gasteiger partial charge in [0.15, 0.2) is 0 Å². The van der Waals surface area contributed by atoms with Crippen LogP contribution in [0.5, 0.6) is 0 Å². The standard InChI is InChI=1S/C21H25ClN4O4/c1-21(2,3)30-20(27)25-12-10-24(11-13-25)18-9-5-8-17(19(18)26(28)29)23-16-7-4-6-15(22)14-16/h4-9,14,23H,10-13H2,1-3H3. The van der Waals surface area contributed by atoms with Crippen LogP contribution in [-0.2, 0) is 4.74 Å². The van der Waals surface area contributed by atoms with E-state index in [1.807, 2.05) is 25.7 Å². The van der Waals surface area contributed by atoms with Crippen molar-refractivity contribution in [2.75, 3.05) is 36.4 Å². The molecule has 0 unspecified atom stereocenters. The van der Waals surface area contributed by atoms with Crippen molar-refractivity contribution in [2.45, 2.75) is 26.4 Å². The van der Waals surface area contributed by atoms with E-state index in [2.05, 4.69) is 5.32 Å². The molecule has 8 nitrogen and oxygen atoms in total. The van der Waals surface area contributed by atoms with Crippen LogP contribution in [0.2, 0.25) is 5.02 Å². The lowest BCUT2D eigenvalue weighted by Crippen LogP contribution is -2.50. The quantitative estimate of drug-likeness (QED) is 0.537. The summed E-state index contributed by atoms with van der Waals surface area (Å²) in [5.74, 6) is 0. The fourth-order valence-electron chi connectivity index (χ4n) is 3.26. The first-order valence-electron chi connectivity index (χ1n) is 9.67. The monoisotopic (exact) mass is 432 g/mol. The molecule has 0 bridgehead atoms. The third kappa shape index (κ3) is 5.33. The number of carbonyl (C=O) groups excluding carboxylic acids is 1. The average molecular weight is 433 g/mol. The van der Waals surface area contributed by atoms with Gasteiger partial charge in [0.2, 0.25) is 0 Å². The molecule has 160 valence electrons. The van der Waals surface area contributed by atoms with Gasteiger partial charge in [-0.15, -0.1) is 0 Å². The number of para-hydroxylation sites is 1. The third-order valence-corrected chi connectivity index (χ3v) is 4.81. The zero-order valence-electron chi connectivity index (χ0n) is 17.2. The van der Waals surface area contributed by atoms with Crippen molar-refractivity contribution in [3.8, 4) is 0 Å². The predicted octanol–water partition coefficient (Wildman–Crippen LogP) is 5.05. The summed E-state index contributed by atoms with van der Waals surface area (Å²) < 4.78 is 5.41. The molecule has 0 aliphatic carbocycles. The Labute approximate surface area is 180 Å². The Morgan fingerprint density at radius 2 is 1.80 bits per heavy atom. The van der Waals surface area contributed by atoms with Gasteiger partial charge < -0.3 is 19.9 Å². The van der Waals surface area contributed by atoms with Gasteiger partial charge in [0.1, 0.15) is 17.0 Å². The fraction of sp³-hybridized carbons (Fsp3) is 0.381. The van der Waals surface area contributed by atoms with Crippen molar-refractivity contribution in [2.24, 2.45) is 0 Å². The van der Waals surface area contributed by atoms with Crippen LogP contribution in [0.4, 0.5) is 27.5 Å². The highest BCUT2D eigenvalue weighted by Gasteiger charge is 2.30. The van der Waals surface area contributed by atoms with E-state index < -0.39 is 5.60 Å². The summed E-state index contributed by atoms with van der Waals surface area (Å²) in [6, 6.07) is 12.2. The SMILES string of the molecule is CC(C)(C)OC(=O)N1CCN(c2cccc(Nc3cccc(Cl)c3)c2[N+](=O)[O-])CC1. The molecule has 1 amide bonds. The number of ether oxygens (including phenoxy) is 1. The topological polar surface area (TPSA) is 88.0 Å². The highest BCUT2D eigenvalue weighted by atomic mass is 35.5. The minimum atomic E-state index is -0.562. The molecule has 1 fully saturated rings. The lowest BCUT2D eigenvalue weighted by molar-refractivity contribution is -0.383. The van der Waals surface area contributed by atoms with Crippen molar-refractivity contribution >= 4 is 40.4 Å². The number of halogens is 1. The molecule has 30 heavy (non-hydrogen) atoms. The zero-order valence-corrected chi connectivity index (χ0v) is 18.0. The number of nitrogens with one attached hydrogen (secondary N) is 1. The molecular weight excluding hydrogens is 408 g/mol. The second kappa shape index (κ2) is 8.79. The van der Waals surface area contributed by atoms with E-state index in [-0.39, 0.29) is 16.7 Å². The second-order valence-corrected chi connectivity index (χ2v) is 8.46. The van der Waals surface area contributed by atoms with Gasteiger partial charge in [0.05, 0.1) is 4.92 Å². The number of amides is 1. The number of nitro groups is 1. The first kappa shape index (κ1) is 21.7. The lowest BCUT2D eigenvalue weighted by Gasteiger charge is -2.36. The molecule has 0 radical (unpaired) electrons. The molecule has 1 saturated heterocycles. The Hall–Kier alpha value is -3.00. The zero-order chi connectivity index (χ0) is 21.9. The molecule has 0 atom stereocenters. The largest absolute Gasteiger partial charge is 0.444 e. The number of rotatable bonds is 4. The summed E-state index contributed by atoms with van der Waals surface area (Å²) in [5.41, 5.74) is 0.985. The lowest BCUT2D eigenvalue weighted by atomic mass is 10.1. The molecular formula is C21H25ClN4O4. The van der Waals surface area contributed by atoms with Gasteiger partial charge in [0, 0.05) is 36.9 Å². The van der Waals surface area contributed by atoms with E-state index in [4.69, 9.17) is 16.3 Å². The third-order valence-electron chi connectivity index (χ3n) is 4.57. The number of benzene rings is 2. The van der Waals surface area contributed by atoms with Crippen LogP contribution in [0.25, 0.3) is 0 Å². The van der Waals surface area contributed by atoms with Crippen LogP contribution in [-0.4, -0.2) is 47.7 Å². The van der Waals surface area contributed by atoms with Crippen LogP contribution < -0.4 is 10.2 Å². The molecule has 2 aromatic carbocycles. The fourth-order valence-corrected chi connectivity index (χ4v) is 3.45. The van der Waals surface area contributed by atoms with Gasteiger partial charge in [-0.2, -0.15) is 0 Å². The maximum atomic E-state index is 12.3. The second-order valence-electron chi connectivity index (χ2n) is 8.02. The highest BCUT2D eigenvalue weighted by Crippen LogP contribution is 2.37. The van der Waals surface area contributed by atoms with E-state index >= 15 is 0 Å². The van der Waals surface area contributed by atoms with E-state index in [1.165, 1.54) is 0 Å². The van der Waals surface area contributed by atoms with Crippen LogP contribution >= 0.6 is 11.6 Å². The molecule has 0 spiro atoms. The highest BCUT2D eigenvalue weighted by molar-refractivity contribution is 6.30. The van der Waals surface area contributed by atoms with Gasteiger partial charge >= 0.3 is 11.8 Å². The first-order chi connectivity index (χ1) is 14.1. The number of hydrogen-bond acceptors (Lipinski definition) is 6. The van der Waals surface area contributed by atoms with Crippen molar-refractivity contribution in [3.05, 3.63) is 57.6 Å². The van der Waals surface area contributed by atoms with E-state index in [1.54, 1.807) is 47.4 Å². The van der Waals surface area contributed by atoms with Crippen LogP contribution in [0.15, 0.2) is 42.5 Å². The van der Waals surface area contributed by atoms with Gasteiger partial charge in [-0.1, -0.05) is 23.7 Å².